The summed E-state index contributed by atoms with van der Waals surface area (Å²) < 4.78 is 5.41. The molecule has 3 heteroatoms. The van der Waals surface area contributed by atoms with Gasteiger partial charge in [0.15, 0.2) is 0 Å². The van der Waals surface area contributed by atoms with Gasteiger partial charge in [0.25, 0.3) is 0 Å². The Morgan fingerprint density at radius 3 is 2.83 bits per heavy atom. The highest BCUT2D eigenvalue weighted by Gasteiger charge is 2.26. The van der Waals surface area contributed by atoms with Gasteiger partial charge in [0.1, 0.15) is 0 Å². The second-order valence-electron chi connectivity index (χ2n) is 5.43. The Hall–Kier alpha value is -0.900. The van der Waals surface area contributed by atoms with Crippen molar-refractivity contribution in [3.63, 3.8) is 0 Å². The fourth-order valence-corrected chi connectivity index (χ4v) is 2.95. The summed E-state index contributed by atoms with van der Waals surface area (Å²) in [4.78, 5) is 2.54. The van der Waals surface area contributed by atoms with Crippen molar-refractivity contribution in [2.24, 2.45) is 0 Å². The minimum absolute atomic E-state index is 0.590. The number of ether oxygens (including phenoxy) is 1. The Labute approximate surface area is 109 Å². The molecule has 0 amide bonds. The Morgan fingerprint density at radius 2 is 2.06 bits per heavy atom. The van der Waals surface area contributed by atoms with E-state index in [-0.39, 0.29) is 0 Å². The standard InChI is InChI=1S/C15H22N2O/c1-2-4-13(5-3-1)10-17-8-6-14(11-17)16-15-7-9-18-12-15/h1-5,14-16H,6-12H2. The van der Waals surface area contributed by atoms with E-state index in [1.54, 1.807) is 0 Å². The number of hydrogen-bond donors (Lipinski definition) is 1. The zero-order valence-electron chi connectivity index (χ0n) is 10.8. The Kier molecular flexibility index (Phi) is 3.93. The Bertz CT molecular complexity index is 362. The van der Waals surface area contributed by atoms with Gasteiger partial charge >= 0.3 is 0 Å². The SMILES string of the molecule is c1ccc(CN2CCC(NC3CCOC3)C2)cc1. The summed E-state index contributed by atoms with van der Waals surface area (Å²) in [6, 6.07) is 12.0. The first-order chi connectivity index (χ1) is 8.90. The van der Waals surface area contributed by atoms with Crippen LogP contribution in [0, 0.1) is 0 Å². The van der Waals surface area contributed by atoms with Crippen molar-refractivity contribution in [3.8, 4) is 0 Å². The molecule has 0 saturated carbocycles. The summed E-state index contributed by atoms with van der Waals surface area (Å²) in [6.45, 7) is 5.29. The van der Waals surface area contributed by atoms with Crippen molar-refractivity contribution >= 4 is 0 Å². The monoisotopic (exact) mass is 246 g/mol. The van der Waals surface area contributed by atoms with Gasteiger partial charge in [-0.25, -0.2) is 0 Å². The van der Waals surface area contributed by atoms with Gasteiger partial charge in [-0.15, -0.1) is 0 Å². The number of hydrogen-bond acceptors (Lipinski definition) is 3. The highest BCUT2D eigenvalue weighted by Crippen LogP contribution is 2.15. The van der Waals surface area contributed by atoms with Gasteiger partial charge in [-0.2, -0.15) is 0 Å². The van der Waals surface area contributed by atoms with Crippen molar-refractivity contribution in [1.29, 1.82) is 0 Å². The number of likely N-dealkylation sites (tertiary alicyclic amines) is 1. The maximum Gasteiger partial charge on any atom is 0.0620 e. The van der Waals surface area contributed by atoms with Gasteiger partial charge in [0.2, 0.25) is 0 Å². The van der Waals surface area contributed by atoms with Crippen LogP contribution in [0.15, 0.2) is 30.3 Å². The van der Waals surface area contributed by atoms with E-state index in [1.807, 2.05) is 0 Å². The molecule has 0 radical (unpaired) electrons. The molecule has 2 aliphatic heterocycles. The van der Waals surface area contributed by atoms with Crippen LogP contribution in [0.25, 0.3) is 0 Å². The molecule has 1 N–H and O–H groups in total. The number of rotatable bonds is 4. The summed E-state index contributed by atoms with van der Waals surface area (Å²) in [6.07, 6.45) is 2.44. The summed E-state index contributed by atoms with van der Waals surface area (Å²) in [5, 5.41) is 3.73. The molecule has 1 aromatic carbocycles. The second-order valence-corrected chi connectivity index (χ2v) is 5.43. The van der Waals surface area contributed by atoms with E-state index in [4.69, 9.17) is 4.74 Å². The highest BCUT2D eigenvalue weighted by molar-refractivity contribution is 5.14. The van der Waals surface area contributed by atoms with Gasteiger partial charge in [-0.3, -0.25) is 4.90 Å². The van der Waals surface area contributed by atoms with Crippen LogP contribution in [0.3, 0.4) is 0 Å². The van der Waals surface area contributed by atoms with Crippen LogP contribution in [-0.2, 0) is 11.3 Å². The van der Waals surface area contributed by atoms with E-state index >= 15 is 0 Å². The lowest BCUT2D eigenvalue weighted by atomic mass is 10.2. The zero-order chi connectivity index (χ0) is 12.2. The van der Waals surface area contributed by atoms with Crippen molar-refractivity contribution in [3.05, 3.63) is 35.9 Å². The second kappa shape index (κ2) is 5.83. The third kappa shape index (κ3) is 3.10. The first-order valence-electron chi connectivity index (χ1n) is 7.00. The molecule has 0 spiro atoms. The molecular weight excluding hydrogens is 224 g/mol. The Morgan fingerprint density at radius 1 is 1.17 bits per heavy atom. The van der Waals surface area contributed by atoms with Crippen LogP contribution in [0.4, 0.5) is 0 Å². The summed E-state index contributed by atoms with van der Waals surface area (Å²) in [5.74, 6) is 0. The van der Waals surface area contributed by atoms with E-state index in [0.717, 1.165) is 19.8 Å². The maximum absolute atomic E-state index is 5.41. The highest BCUT2D eigenvalue weighted by atomic mass is 16.5. The molecule has 1 aromatic rings. The minimum atomic E-state index is 0.590. The molecule has 0 bridgehead atoms. The lowest BCUT2D eigenvalue weighted by molar-refractivity contribution is 0.187. The maximum atomic E-state index is 5.41. The summed E-state index contributed by atoms with van der Waals surface area (Å²) in [7, 11) is 0. The molecule has 2 heterocycles. The average Bonchev–Trinajstić information content (AvgIpc) is 3.03. The van der Waals surface area contributed by atoms with Gasteiger partial charge < -0.3 is 10.1 Å². The Balaban J connectivity index is 1.46. The fraction of sp³-hybridized carbons (Fsp3) is 0.600. The molecule has 2 fully saturated rings. The quantitative estimate of drug-likeness (QED) is 0.874. The smallest absolute Gasteiger partial charge is 0.0620 e. The lowest BCUT2D eigenvalue weighted by Crippen LogP contribution is -2.40. The topological polar surface area (TPSA) is 24.5 Å². The van der Waals surface area contributed by atoms with Gasteiger partial charge in [-0.05, 0) is 18.4 Å². The van der Waals surface area contributed by atoms with Gasteiger partial charge in [0.05, 0.1) is 6.61 Å². The van der Waals surface area contributed by atoms with Crippen LogP contribution >= 0.6 is 0 Å². The van der Waals surface area contributed by atoms with Gasteiger partial charge in [0, 0.05) is 38.3 Å². The molecule has 2 aliphatic rings. The van der Waals surface area contributed by atoms with E-state index in [1.165, 1.54) is 31.5 Å². The number of benzene rings is 1. The third-order valence-electron chi connectivity index (χ3n) is 3.92. The first-order valence-corrected chi connectivity index (χ1v) is 7.00. The molecule has 0 aromatic heterocycles. The molecule has 3 nitrogen and oxygen atoms in total. The predicted molar refractivity (Wildman–Crippen MR) is 72.5 cm³/mol. The molecule has 18 heavy (non-hydrogen) atoms. The van der Waals surface area contributed by atoms with Gasteiger partial charge in [-0.1, -0.05) is 30.3 Å². The predicted octanol–water partition coefficient (Wildman–Crippen LogP) is 1.64. The average molecular weight is 246 g/mol. The minimum Gasteiger partial charge on any atom is -0.380 e. The molecule has 98 valence electrons. The lowest BCUT2D eigenvalue weighted by Gasteiger charge is -2.19. The molecule has 2 atom stereocenters. The molecule has 0 aliphatic carbocycles. The van der Waals surface area contributed by atoms with Crippen LogP contribution in [0.5, 0.6) is 0 Å². The normalized spacial score (nSPS) is 28.9. The van der Waals surface area contributed by atoms with Crippen LogP contribution < -0.4 is 5.32 Å². The summed E-state index contributed by atoms with van der Waals surface area (Å²) in [5.41, 5.74) is 1.42. The van der Waals surface area contributed by atoms with Crippen LogP contribution in [-0.4, -0.2) is 43.3 Å². The van der Waals surface area contributed by atoms with Crippen LogP contribution in [0.2, 0.25) is 0 Å². The number of nitrogens with one attached hydrogen (secondary N) is 1. The van der Waals surface area contributed by atoms with Crippen molar-refractivity contribution in [2.75, 3.05) is 26.3 Å². The number of nitrogens with zero attached hydrogens (tertiary/aromatic N) is 1. The zero-order valence-corrected chi connectivity index (χ0v) is 10.8. The van der Waals surface area contributed by atoms with Crippen molar-refractivity contribution in [1.82, 2.24) is 10.2 Å². The van der Waals surface area contributed by atoms with Crippen molar-refractivity contribution < 1.29 is 4.74 Å². The molecule has 3 rings (SSSR count). The van der Waals surface area contributed by atoms with E-state index in [9.17, 15) is 0 Å². The largest absolute Gasteiger partial charge is 0.380 e. The summed E-state index contributed by atoms with van der Waals surface area (Å²) >= 11 is 0. The van der Waals surface area contributed by atoms with E-state index < -0.39 is 0 Å². The van der Waals surface area contributed by atoms with E-state index in [0.29, 0.717) is 12.1 Å². The molecular formula is C15H22N2O. The molecule has 2 unspecified atom stereocenters. The first kappa shape index (κ1) is 12.2. The fourth-order valence-electron chi connectivity index (χ4n) is 2.95. The molecule has 2 saturated heterocycles. The van der Waals surface area contributed by atoms with E-state index in [2.05, 4.69) is 40.5 Å². The third-order valence-corrected chi connectivity index (χ3v) is 3.92. The van der Waals surface area contributed by atoms with Crippen LogP contribution in [0.1, 0.15) is 18.4 Å². The van der Waals surface area contributed by atoms with Crippen molar-refractivity contribution in [2.45, 2.75) is 31.5 Å².